The summed E-state index contributed by atoms with van der Waals surface area (Å²) in [5.74, 6) is 0.929. The van der Waals surface area contributed by atoms with E-state index < -0.39 is 0 Å². The second-order valence-electron chi connectivity index (χ2n) is 5.57. The molecule has 3 atom stereocenters. The third-order valence-corrected chi connectivity index (χ3v) is 4.39. The van der Waals surface area contributed by atoms with Crippen LogP contribution in [0, 0.1) is 0 Å². The fourth-order valence-corrected chi connectivity index (χ4v) is 3.32. The molecule has 0 amide bonds. The van der Waals surface area contributed by atoms with Gasteiger partial charge < -0.3 is 10.5 Å². The summed E-state index contributed by atoms with van der Waals surface area (Å²) in [4.78, 5) is 2.58. The van der Waals surface area contributed by atoms with Crippen molar-refractivity contribution in [3.63, 3.8) is 0 Å². The smallest absolute Gasteiger partial charge is 0.119 e. The van der Waals surface area contributed by atoms with Gasteiger partial charge in [-0.15, -0.1) is 0 Å². The summed E-state index contributed by atoms with van der Waals surface area (Å²) in [7, 11) is 1.72. The average molecular weight is 262 g/mol. The number of methoxy groups -OCH3 is 1. The van der Waals surface area contributed by atoms with E-state index in [0.29, 0.717) is 18.1 Å². The van der Waals surface area contributed by atoms with E-state index in [4.69, 9.17) is 10.5 Å². The van der Waals surface area contributed by atoms with Gasteiger partial charge in [-0.05, 0) is 44.4 Å². The molecule has 1 aliphatic heterocycles. The van der Waals surface area contributed by atoms with Gasteiger partial charge in [0, 0.05) is 24.7 Å². The van der Waals surface area contributed by atoms with Crippen LogP contribution in [0.25, 0.3) is 0 Å². The Kier molecular flexibility index (Phi) is 4.83. The van der Waals surface area contributed by atoms with Gasteiger partial charge in [0.1, 0.15) is 5.75 Å². The highest BCUT2D eigenvalue weighted by Crippen LogP contribution is 2.32. The molecule has 3 nitrogen and oxygen atoms in total. The molecule has 19 heavy (non-hydrogen) atoms. The van der Waals surface area contributed by atoms with E-state index in [1.54, 1.807) is 7.11 Å². The van der Waals surface area contributed by atoms with Gasteiger partial charge in [0.2, 0.25) is 0 Å². The summed E-state index contributed by atoms with van der Waals surface area (Å²) in [6.07, 6.45) is 3.78. The summed E-state index contributed by atoms with van der Waals surface area (Å²) >= 11 is 0. The SMILES string of the molecule is COc1cccc(C(C)N2C(C)CCCC2CN)c1. The van der Waals surface area contributed by atoms with Crippen molar-refractivity contribution in [2.45, 2.75) is 51.2 Å². The molecular weight excluding hydrogens is 236 g/mol. The quantitative estimate of drug-likeness (QED) is 0.906. The fourth-order valence-electron chi connectivity index (χ4n) is 3.32. The number of piperidine rings is 1. The monoisotopic (exact) mass is 262 g/mol. The normalized spacial score (nSPS) is 26.1. The first-order chi connectivity index (χ1) is 9.17. The zero-order valence-electron chi connectivity index (χ0n) is 12.3. The maximum absolute atomic E-state index is 5.96. The van der Waals surface area contributed by atoms with Gasteiger partial charge in [-0.1, -0.05) is 18.6 Å². The summed E-state index contributed by atoms with van der Waals surface area (Å²) in [5, 5.41) is 0. The topological polar surface area (TPSA) is 38.5 Å². The highest BCUT2D eigenvalue weighted by Gasteiger charge is 2.31. The van der Waals surface area contributed by atoms with E-state index in [1.807, 2.05) is 6.07 Å². The molecule has 3 heteroatoms. The summed E-state index contributed by atoms with van der Waals surface area (Å²) < 4.78 is 5.33. The molecule has 0 radical (unpaired) electrons. The zero-order valence-corrected chi connectivity index (χ0v) is 12.3. The van der Waals surface area contributed by atoms with E-state index >= 15 is 0 Å². The molecule has 0 aromatic heterocycles. The highest BCUT2D eigenvalue weighted by molar-refractivity contribution is 5.30. The van der Waals surface area contributed by atoms with Crippen LogP contribution in [0.1, 0.15) is 44.7 Å². The van der Waals surface area contributed by atoms with Gasteiger partial charge in [-0.25, -0.2) is 0 Å². The Balaban J connectivity index is 2.22. The number of benzene rings is 1. The molecule has 2 N–H and O–H groups in total. The molecule has 1 aromatic rings. The molecule has 1 heterocycles. The van der Waals surface area contributed by atoms with Crippen LogP contribution < -0.4 is 10.5 Å². The van der Waals surface area contributed by atoms with Crippen molar-refractivity contribution in [1.82, 2.24) is 4.90 Å². The molecule has 0 aliphatic carbocycles. The van der Waals surface area contributed by atoms with Crippen LogP contribution in [0.3, 0.4) is 0 Å². The first-order valence-electron chi connectivity index (χ1n) is 7.28. The number of nitrogens with zero attached hydrogens (tertiary/aromatic N) is 1. The third kappa shape index (κ3) is 3.10. The summed E-state index contributed by atoms with van der Waals surface area (Å²) in [5.41, 5.74) is 7.27. The minimum Gasteiger partial charge on any atom is -0.497 e. The Morgan fingerprint density at radius 3 is 2.89 bits per heavy atom. The van der Waals surface area contributed by atoms with Crippen LogP contribution in [0.4, 0.5) is 0 Å². The Labute approximate surface area is 116 Å². The molecule has 1 fully saturated rings. The van der Waals surface area contributed by atoms with Crippen LogP contribution in [0.2, 0.25) is 0 Å². The van der Waals surface area contributed by atoms with Gasteiger partial charge in [-0.3, -0.25) is 4.90 Å². The number of hydrogen-bond acceptors (Lipinski definition) is 3. The molecule has 0 spiro atoms. The number of hydrogen-bond donors (Lipinski definition) is 1. The van der Waals surface area contributed by atoms with Crippen LogP contribution in [-0.2, 0) is 0 Å². The molecule has 106 valence electrons. The second kappa shape index (κ2) is 6.40. The maximum atomic E-state index is 5.96. The Hall–Kier alpha value is -1.06. The lowest BCUT2D eigenvalue weighted by atomic mass is 9.92. The van der Waals surface area contributed by atoms with E-state index in [0.717, 1.165) is 12.3 Å². The van der Waals surface area contributed by atoms with Gasteiger partial charge in [-0.2, -0.15) is 0 Å². The van der Waals surface area contributed by atoms with Crippen molar-refractivity contribution >= 4 is 0 Å². The van der Waals surface area contributed by atoms with Crippen molar-refractivity contribution in [3.8, 4) is 5.75 Å². The summed E-state index contributed by atoms with van der Waals surface area (Å²) in [6, 6.07) is 9.88. The van der Waals surface area contributed by atoms with E-state index in [-0.39, 0.29) is 0 Å². The number of likely N-dealkylation sites (tertiary alicyclic amines) is 1. The minimum absolute atomic E-state index is 0.388. The Bertz CT molecular complexity index is 407. The third-order valence-electron chi connectivity index (χ3n) is 4.39. The van der Waals surface area contributed by atoms with Crippen molar-refractivity contribution in [2.24, 2.45) is 5.73 Å². The first kappa shape index (κ1) is 14.4. The molecule has 1 aliphatic rings. The number of ether oxygens (including phenoxy) is 1. The Morgan fingerprint density at radius 2 is 2.21 bits per heavy atom. The van der Waals surface area contributed by atoms with Crippen molar-refractivity contribution in [2.75, 3.05) is 13.7 Å². The fraction of sp³-hybridized carbons (Fsp3) is 0.625. The average Bonchev–Trinajstić information content (AvgIpc) is 2.46. The molecule has 1 aromatic carbocycles. The lowest BCUT2D eigenvalue weighted by molar-refractivity contribution is 0.0569. The standard InChI is InChI=1S/C16H26N2O/c1-12-6-4-8-15(11-17)18(12)13(2)14-7-5-9-16(10-14)19-3/h5,7,9-10,12-13,15H,4,6,8,11,17H2,1-3H3. The largest absolute Gasteiger partial charge is 0.497 e. The van der Waals surface area contributed by atoms with E-state index in [1.165, 1.54) is 24.8 Å². The summed E-state index contributed by atoms with van der Waals surface area (Å²) in [6.45, 7) is 5.34. The molecule has 3 unspecified atom stereocenters. The minimum atomic E-state index is 0.388. The van der Waals surface area contributed by atoms with Crippen molar-refractivity contribution in [1.29, 1.82) is 0 Å². The van der Waals surface area contributed by atoms with E-state index in [9.17, 15) is 0 Å². The van der Waals surface area contributed by atoms with Crippen molar-refractivity contribution < 1.29 is 4.74 Å². The maximum Gasteiger partial charge on any atom is 0.119 e. The van der Waals surface area contributed by atoms with Crippen LogP contribution in [0.15, 0.2) is 24.3 Å². The van der Waals surface area contributed by atoms with Gasteiger partial charge in [0.25, 0.3) is 0 Å². The first-order valence-corrected chi connectivity index (χ1v) is 7.28. The van der Waals surface area contributed by atoms with Gasteiger partial charge in [0.15, 0.2) is 0 Å². The van der Waals surface area contributed by atoms with Crippen LogP contribution in [-0.4, -0.2) is 30.6 Å². The lowest BCUT2D eigenvalue weighted by Crippen LogP contribution is -2.49. The van der Waals surface area contributed by atoms with Gasteiger partial charge >= 0.3 is 0 Å². The lowest BCUT2D eigenvalue weighted by Gasteiger charge is -2.44. The predicted molar refractivity (Wildman–Crippen MR) is 79.4 cm³/mol. The Morgan fingerprint density at radius 1 is 1.42 bits per heavy atom. The zero-order chi connectivity index (χ0) is 13.8. The molecule has 0 saturated carbocycles. The number of nitrogens with two attached hydrogens (primary N) is 1. The molecule has 1 saturated heterocycles. The highest BCUT2D eigenvalue weighted by atomic mass is 16.5. The van der Waals surface area contributed by atoms with Crippen molar-refractivity contribution in [3.05, 3.63) is 29.8 Å². The van der Waals surface area contributed by atoms with Crippen LogP contribution >= 0.6 is 0 Å². The van der Waals surface area contributed by atoms with Gasteiger partial charge in [0.05, 0.1) is 7.11 Å². The number of rotatable bonds is 4. The van der Waals surface area contributed by atoms with Crippen LogP contribution in [0.5, 0.6) is 5.75 Å². The second-order valence-corrected chi connectivity index (χ2v) is 5.57. The molecule has 2 rings (SSSR count). The molecular formula is C16H26N2O. The van der Waals surface area contributed by atoms with E-state index in [2.05, 4.69) is 36.9 Å². The predicted octanol–water partition coefficient (Wildman–Crippen LogP) is 2.96. The molecule has 0 bridgehead atoms.